The summed E-state index contributed by atoms with van der Waals surface area (Å²) >= 11 is 0. The molecule has 0 saturated carbocycles. The Labute approximate surface area is 206 Å². The molecule has 0 radical (unpaired) electrons. The van der Waals surface area contributed by atoms with Gasteiger partial charge in [-0.1, -0.05) is 43.3 Å². The van der Waals surface area contributed by atoms with Gasteiger partial charge in [-0.15, -0.1) is 0 Å². The number of Topliss-reactive ketones (excluding diaryl/α,β-unsaturated/α-hetero) is 1. The number of nitro benzene ring substituents is 1. The molecule has 3 aromatic rings. The van der Waals surface area contributed by atoms with E-state index in [1.165, 1.54) is 35.2 Å². The molecule has 182 valence electrons. The summed E-state index contributed by atoms with van der Waals surface area (Å²) in [6, 6.07) is 18.9. The van der Waals surface area contributed by atoms with Crippen molar-refractivity contribution < 1.29 is 29.2 Å². The minimum Gasteiger partial charge on any atom is -0.507 e. The number of hydrogen-bond acceptors (Lipinski definition) is 7. The first-order chi connectivity index (χ1) is 17.3. The molecular weight excluding hydrogens is 464 g/mol. The Kier molecular flexibility index (Phi) is 6.91. The Balaban J connectivity index is 1.84. The van der Waals surface area contributed by atoms with E-state index >= 15 is 0 Å². The van der Waals surface area contributed by atoms with E-state index in [2.05, 4.69) is 0 Å². The third kappa shape index (κ3) is 4.58. The van der Waals surface area contributed by atoms with Crippen LogP contribution in [0.1, 0.15) is 40.9 Å². The second-order valence-electron chi connectivity index (χ2n) is 8.07. The van der Waals surface area contributed by atoms with Crippen molar-refractivity contribution in [2.45, 2.75) is 19.4 Å². The number of carbonyl (C=O) groups is 3. The van der Waals surface area contributed by atoms with Crippen molar-refractivity contribution in [1.29, 1.82) is 0 Å². The lowest BCUT2D eigenvalue weighted by molar-refractivity contribution is -0.384. The molecule has 9 heteroatoms. The molecule has 1 atom stereocenters. The first kappa shape index (κ1) is 24.3. The minimum atomic E-state index is -0.997. The summed E-state index contributed by atoms with van der Waals surface area (Å²) in [6.07, 6.45) is 0.650. The third-order valence-corrected chi connectivity index (χ3v) is 5.71. The Morgan fingerprint density at radius 2 is 1.69 bits per heavy atom. The van der Waals surface area contributed by atoms with E-state index in [0.29, 0.717) is 12.0 Å². The summed E-state index contributed by atoms with van der Waals surface area (Å²) in [5.74, 6) is -2.82. The number of anilines is 1. The highest BCUT2D eigenvalue weighted by Crippen LogP contribution is 2.42. The number of aliphatic hydroxyl groups excluding tert-OH is 1. The highest BCUT2D eigenvalue weighted by molar-refractivity contribution is 6.51. The van der Waals surface area contributed by atoms with E-state index < -0.39 is 34.4 Å². The van der Waals surface area contributed by atoms with E-state index in [-0.39, 0.29) is 34.7 Å². The number of benzene rings is 3. The molecule has 0 bridgehead atoms. The number of carbonyl (C=O) groups excluding carboxylic acids is 3. The number of hydrogen-bond donors (Lipinski definition) is 1. The predicted molar refractivity (Wildman–Crippen MR) is 131 cm³/mol. The average molecular weight is 486 g/mol. The number of esters is 1. The zero-order chi connectivity index (χ0) is 25.8. The molecule has 1 heterocycles. The molecule has 4 rings (SSSR count). The van der Waals surface area contributed by atoms with Crippen LogP contribution in [-0.2, 0) is 14.3 Å². The largest absolute Gasteiger partial charge is 0.507 e. The normalized spacial score (nSPS) is 16.7. The SMILES string of the molecule is CCCOC(=O)c1cccc(N2C(=O)C(=O)/C(=C(/O)c3ccc([N+](=O)[O-])cc3)C2c2ccccc2)c1. The second-order valence-corrected chi connectivity index (χ2v) is 8.07. The number of non-ortho nitro benzene ring substituents is 1. The number of aliphatic hydroxyl groups is 1. The fraction of sp³-hybridized carbons (Fsp3) is 0.148. The van der Waals surface area contributed by atoms with Crippen LogP contribution in [0.25, 0.3) is 5.76 Å². The molecule has 1 saturated heterocycles. The monoisotopic (exact) mass is 486 g/mol. The molecule has 0 spiro atoms. The summed E-state index contributed by atoms with van der Waals surface area (Å²) in [4.78, 5) is 50.5. The fourth-order valence-electron chi connectivity index (χ4n) is 4.01. The summed E-state index contributed by atoms with van der Waals surface area (Å²) in [7, 11) is 0. The third-order valence-electron chi connectivity index (χ3n) is 5.71. The molecule has 9 nitrogen and oxygen atoms in total. The van der Waals surface area contributed by atoms with E-state index in [1.54, 1.807) is 48.5 Å². The lowest BCUT2D eigenvalue weighted by Crippen LogP contribution is -2.29. The molecule has 1 amide bonds. The Morgan fingerprint density at radius 3 is 2.33 bits per heavy atom. The Bertz CT molecular complexity index is 1360. The van der Waals surface area contributed by atoms with Crippen molar-refractivity contribution in [3.63, 3.8) is 0 Å². The number of ketones is 1. The maximum Gasteiger partial charge on any atom is 0.338 e. The van der Waals surface area contributed by atoms with Gasteiger partial charge in [-0.3, -0.25) is 24.6 Å². The summed E-state index contributed by atoms with van der Waals surface area (Å²) in [6.45, 7) is 2.11. The van der Waals surface area contributed by atoms with Crippen molar-refractivity contribution in [2.24, 2.45) is 0 Å². The van der Waals surface area contributed by atoms with Crippen LogP contribution in [0.15, 0.2) is 84.4 Å². The van der Waals surface area contributed by atoms with Crippen molar-refractivity contribution in [3.05, 3.63) is 111 Å². The quantitative estimate of drug-likeness (QED) is 0.127. The van der Waals surface area contributed by atoms with Gasteiger partial charge in [-0.05, 0) is 42.3 Å². The van der Waals surface area contributed by atoms with Crippen LogP contribution in [0.2, 0.25) is 0 Å². The maximum atomic E-state index is 13.3. The summed E-state index contributed by atoms with van der Waals surface area (Å²) < 4.78 is 5.19. The van der Waals surface area contributed by atoms with Crippen molar-refractivity contribution >= 4 is 34.8 Å². The lowest BCUT2D eigenvalue weighted by Gasteiger charge is -2.25. The summed E-state index contributed by atoms with van der Waals surface area (Å²) in [5, 5.41) is 22.1. The molecule has 3 aromatic carbocycles. The van der Waals surface area contributed by atoms with Gasteiger partial charge < -0.3 is 9.84 Å². The van der Waals surface area contributed by atoms with Gasteiger partial charge in [0.25, 0.3) is 17.4 Å². The van der Waals surface area contributed by atoms with E-state index in [4.69, 9.17) is 4.74 Å². The zero-order valence-electron chi connectivity index (χ0n) is 19.3. The number of amides is 1. The van der Waals surface area contributed by atoms with Crippen LogP contribution < -0.4 is 4.90 Å². The molecule has 0 aromatic heterocycles. The van der Waals surface area contributed by atoms with Crippen molar-refractivity contribution in [1.82, 2.24) is 0 Å². The van der Waals surface area contributed by atoms with Crippen LogP contribution in [-0.4, -0.2) is 34.3 Å². The van der Waals surface area contributed by atoms with Gasteiger partial charge in [0.2, 0.25) is 0 Å². The molecule has 0 aliphatic carbocycles. The molecule has 1 aliphatic rings. The van der Waals surface area contributed by atoms with Gasteiger partial charge in [0.05, 0.1) is 28.7 Å². The number of nitro groups is 1. The van der Waals surface area contributed by atoms with Gasteiger partial charge in [0.1, 0.15) is 5.76 Å². The van der Waals surface area contributed by atoms with E-state index in [1.807, 2.05) is 6.92 Å². The van der Waals surface area contributed by atoms with Crippen LogP contribution in [0.3, 0.4) is 0 Å². The predicted octanol–water partition coefficient (Wildman–Crippen LogP) is 4.79. The first-order valence-electron chi connectivity index (χ1n) is 11.2. The topological polar surface area (TPSA) is 127 Å². The zero-order valence-corrected chi connectivity index (χ0v) is 19.3. The van der Waals surface area contributed by atoms with Crippen molar-refractivity contribution in [3.8, 4) is 0 Å². The molecule has 1 unspecified atom stereocenters. The van der Waals surface area contributed by atoms with Crippen LogP contribution in [0.4, 0.5) is 11.4 Å². The summed E-state index contributed by atoms with van der Waals surface area (Å²) in [5.41, 5.74) is 0.845. The van der Waals surface area contributed by atoms with Gasteiger partial charge >= 0.3 is 5.97 Å². The number of nitrogens with zero attached hydrogens (tertiary/aromatic N) is 2. The smallest absolute Gasteiger partial charge is 0.338 e. The van der Waals surface area contributed by atoms with Gasteiger partial charge in [-0.2, -0.15) is 0 Å². The maximum absolute atomic E-state index is 13.3. The molecule has 1 N–H and O–H groups in total. The van der Waals surface area contributed by atoms with E-state index in [0.717, 1.165) is 0 Å². The van der Waals surface area contributed by atoms with Crippen LogP contribution in [0, 0.1) is 10.1 Å². The molecular formula is C27H22N2O7. The van der Waals surface area contributed by atoms with Gasteiger partial charge in [0.15, 0.2) is 0 Å². The number of ether oxygens (including phenoxy) is 1. The van der Waals surface area contributed by atoms with Crippen LogP contribution >= 0.6 is 0 Å². The molecule has 1 aliphatic heterocycles. The highest BCUT2D eigenvalue weighted by atomic mass is 16.6. The first-order valence-corrected chi connectivity index (χ1v) is 11.2. The minimum absolute atomic E-state index is 0.149. The van der Waals surface area contributed by atoms with Gasteiger partial charge in [-0.25, -0.2) is 4.79 Å². The standard InChI is InChI=1S/C27H22N2O7/c1-2-15-36-27(33)19-9-6-10-21(16-19)28-23(17-7-4-3-5-8-17)22(25(31)26(28)32)24(30)18-11-13-20(14-12-18)29(34)35/h3-14,16,23,30H,2,15H2,1H3/b24-22+. The van der Waals surface area contributed by atoms with Crippen LogP contribution in [0.5, 0.6) is 0 Å². The highest BCUT2D eigenvalue weighted by Gasteiger charge is 2.47. The molecule has 36 heavy (non-hydrogen) atoms. The van der Waals surface area contributed by atoms with Gasteiger partial charge in [0, 0.05) is 23.4 Å². The average Bonchev–Trinajstić information content (AvgIpc) is 3.17. The van der Waals surface area contributed by atoms with E-state index in [9.17, 15) is 29.6 Å². The van der Waals surface area contributed by atoms with Crippen molar-refractivity contribution in [2.75, 3.05) is 11.5 Å². The second kappa shape index (κ2) is 10.2. The number of rotatable bonds is 7. The fourth-order valence-corrected chi connectivity index (χ4v) is 4.01. The lowest BCUT2D eigenvalue weighted by atomic mass is 9.95. The molecule has 1 fully saturated rings. The Morgan fingerprint density at radius 1 is 1.00 bits per heavy atom. The Hall–Kier alpha value is -4.79.